The fourth-order valence-corrected chi connectivity index (χ4v) is 6.97. The van der Waals surface area contributed by atoms with Gasteiger partial charge in [-0.15, -0.1) is 0 Å². The summed E-state index contributed by atoms with van der Waals surface area (Å²) in [6.07, 6.45) is 10.7. The molecule has 0 atom stereocenters. The Morgan fingerprint density at radius 3 is 2.15 bits per heavy atom. The summed E-state index contributed by atoms with van der Waals surface area (Å²) in [6.45, 7) is 0.201. The minimum absolute atomic E-state index is 0.0415. The summed E-state index contributed by atoms with van der Waals surface area (Å²) in [5, 5.41) is 3.16. The van der Waals surface area contributed by atoms with Crippen molar-refractivity contribution in [2.24, 2.45) is 0 Å². The third-order valence-corrected chi connectivity index (χ3v) is 9.91. The first-order chi connectivity index (χ1) is 22.4. The second kappa shape index (κ2) is 14.5. The number of aromatic nitrogens is 2. The molecule has 1 amide bonds. The highest BCUT2D eigenvalue weighted by Crippen LogP contribution is 2.27. The third-order valence-electron chi connectivity index (χ3n) is 8.11. The van der Waals surface area contributed by atoms with Crippen LogP contribution in [0.2, 0.25) is 0 Å². The van der Waals surface area contributed by atoms with Crippen LogP contribution in [-0.2, 0) is 23.1 Å². The molecular formula is C37H36N4O4S. The van der Waals surface area contributed by atoms with Crippen LogP contribution >= 0.6 is 0 Å². The van der Waals surface area contributed by atoms with E-state index in [9.17, 15) is 13.2 Å². The topological polar surface area (TPSA) is 101 Å². The molecule has 0 saturated heterocycles. The van der Waals surface area contributed by atoms with Crippen LogP contribution < -0.4 is 10.1 Å². The number of hydrogen-bond acceptors (Lipinski definition) is 6. The molecule has 1 fully saturated rings. The molecule has 234 valence electrons. The molecular weight excluding hydrogens is 596 g/mol. The largest absolute Gasteiger partial charge is 0.457 e. The van der Waals surface area contributed by atoms with E-state index in [0.29, 0.717) is 22.8 Å². The Morgan fingerprint density at radius 2 is 1.48 bits per heavy atom. The van der Waals surface area contributed by atoms with Crippen molar-refractivity contribution in [3.05, 3.63) is 139 Å². The quantitative estimate of drug-likeness (QED) is 0.163. The number of carbonyl (C=O) groups excluding carboxylic acids is 1. The Labute approximate surface area is 270 Å². The summed E-state index contributed by atoms with van der Waals surface area (Å²) in [7, 11) is -3.90. The van der Waals surface area contributed by atoms with Gasteiger partial charge in [-0.1, -0.05) is 61.7 Å². The highest BCUT2D eigenvalue weighted by Gasteiger charge is 2.26. The maximum absolute atomic E-state index is 13.9. The lowest BCUT2D eigenvalue weighted by Crippen LogP contribution is -2.36. The molecule has 1 saturated carbocycles. The summed E-state index contributed by atoms with van der Waals surface area (Å²) < 4.78 is 35.1. The Bertz CT molecular complexity index is 1830. The van der Waals surface area contributed by atoms with E-state index in [-0.39, 0.29) is 29.9 Å². The van der Waals surface area contributed by atoms with Crippen molar-refractivity contribution >= 4 is 15.9 Å². The number of sulfonamides is 1. The predicted octanol–water partition coefficient (Wildman–Crippen LogP) is 7.39. The number of amides is 1. The van der Waals surface area contributed by atoms with E-state index < -0.39 is 10.0 Å². The molecule has 0 spiro atoms. The first-order valence-corrected chi connectivity index (χ1v) is 17.0. The maximum atomic E-state index is 13.9. The van der Waals surface area contributed by atoms with Gasteiger partial charge in [-0.05, 0) is 84.6 Å². The van der Waals surface area contributed by atoms with Crippen LogP contribution in [0.15, 0.2) is 127 Å². The number of nitrogens with zero attached hydrogens (tertiary/aromatic N) is 3. The third kappa shape index (κ3) is 7.85. The molecule has 1 N–H and O–H groups in total. The molecule has 2 heterocycles. The average Bonchev–Trinajstić information content (AvgIpc) is 3.10. The maximum Gasteiger partial charge on any atom is 0.251 e. The summed E-state index contributed by atoms with van der Waals surface area (Å²) >= 11 is 0. The summed E-state index contributed by atoms with van der Waals surface area (Å²) in [4.78, 5) is 21.7. The summed E-state index contributed by atoms with van der Waals surface area (Å²) in [5.41, 5.74) is 3.79. The van der Waals surface area contributed by atoms with Crippen LogP contribution in [0.3, 0.4) is 0 Å². The van der Waals surface area contributed by atoms with Crippen molar-refractivity contribution in [3.63, 3.8) is 0 Å². The van der Waals surface area contributed by atoms with Crippen LogP contribution in [0.4, 0.5) is 0 Å². The van der Waals surface area contributed by atoms with E-state index in [1.165, 1.54) is 10.7 Å². The minimum Gasteiger partial charge on any atom is -0.457 e. The highest BCUT2D eigenvalue weighted by atomic mass is 32.2. The van der Waals surface area contributed by atoms with Crippen LogP contribution in [-0.4, -0.2) is 34.6 Å². The van der Waals surface area contributed by atoms with Gasteiger partial charge in [-0.25, -0.2) is 8.42 Å². The van der Waals surface area contributed by atoms with Crippen molar-refractivity contribution in [2.45, 2.75) is 56.1 Å². The number of hydrogen-bond donors (Lipinski definition) is 1. The van der Waals surface area contributed by atoms with Gasteiger partial charge in [0.2, 0.25) is 10.0 Å². The Kier molecular flexibility index (Phi) is 9.81. The molecule has 46 heavy (non-hydrogen) atoms. The van der Waals surface area contributed by atoms with Crippen molar-refractivity contribution in [1.82, 2.24) is 19.6 Å². The molecule has 1 aliphatic rings. The Hall–Kier alpha value is -4.86. The van der Waals surface area contributed by atoms with E-state index in [1.807, 2.05) is 72.8 Å². The Balaban J connectivity index is 1.16. The molecule has 3 aromatic carbocycles. The number of benzene rings is 3. The fourth-order valence-electron chi connectivity index (χ4n) is 5.57. The number of rotatable bonds is 11. The van der Waals surface area contributed by atoms with Gasteiger partial charge in [0.1, 0.15) is 11.5 Å². The molecule has 0 aliphatic heterocycles. The van der Waals surface area contributed by atoms with Gasteiger partial charge in [-0.3, -0.25) is 14.8 Å². The van der Waals surface area contributed by atoms with Gasteiger partial charge >= 0.3 is 0 Å². The van der Waals surface area contributed by atoms with Crippen LogP contribution in [0.25, 0.3) is 11.1 Å². The smallest absolute Gasteiger partial charge is 0.251 e. The van der Waals surface area contributed by atoms with E-state index in [2.05, 4.69) is 15.3 Å². The molecule has 6 rings (SSSR count). The molecule has 0 unspecified atom stereocenters. The molecule has 0 bridgehead atoms. The standard InChI is InChI=1S/C37H36N4O4S/c42-37(40-32-9-3-1-4-10-32)30-15-13-29(14-16-30)31-17-18-33(39-25-31)27-41(26-28-8-7-23-38-24-28)46(43,44)36-21-19-35(20-22-36)45-34-11-5-2-6-12-34/h2,5-8,11-25,32H,1,3-4,9-10,26-27H2,(H,40,42). The normalized spacial score (nSPS) is 13.8. The number of ether oxygens (including phenoxy) is 1. The average molecular weight is 633 g/mol. The number of carbonyl (C=O) groups is 1. The monoisotopic (exact) mass is 632 g/mol. The second-order valence-corrected chi connectivity index (χ2v) is 13.4. The zero-order valence-electron chi connectivity index (χ0n) is 25.5. The first kappa shape index (κ1) is 31.1. The van der Waals surface area contributed by atoms with Crippen molar-refractivity contribution in [2.75, 3.05) is 0 Å². The van der Waals surface area contributed by atoms with Gasteiger partial charge < -0.3 is 10.1 Å². The van der Waals surface area contributed by atoms with Gasteiger partial charge in [0.25, 0.3) is 5.91 Å². The molecule has 2 aromatic heterocycles. The van der Waals surface area contributed by atoms with Crippen molar-refractivity contribution in [3.8, 4) is 22.6 Å². The van der Waals surface area contributed by atoms with E-state index in [1.54, 1.807) is 48.9 Å². The fraction of sp³-hybridized carbons (Fsp3) is 0.216. The zero-order chi connectivity index (χ0) is 31.8. The van der Waals surface area contributed by atoms with E-state index >= 15 is 0 Å². The summed E-state index contributed by atoms with van der Waals surface area (Å²) in [5.74, 6) is 1.17. The van der Waals surface area contributed by atoms with Gasteiger partial charge in [0.15, 0.2) is 0 Å². The van der Waals surface area contributed by atoms with E-state index in [4.69, 9.17) is 4.74 Å². The Morgan fingerprint density at radius 1 is 0.761 bits per heavy atom. The SMILES string of the molecule is O=C(NC1CCCCC1)c1ccc(-c2ccc(CN(Cc3cccnc3)S(=O)(=O)c3ccc(Oc4ccccc4)cc3)nc2)cc1. The zero-order valence-corrected chi connectivity index (χ0v) is 26.3. The molecule has 9 heteroatoms. The molecule has 8 nitrogen and oxygen atoms in total. The number of pyridine rings is 2. The number of nitrogens with one attached hydrogen (secondary N) is 1. The minimum atomic E-state index is -3.90. The lowest BCUT2D eigenvalue weighted by molar-refractivity contribution is 0.0927. The van der Waals surface area contributed by atoms with Gasteiger partial charge in [-0.2, -0.15) is 4.31 Å². The summed E-state index contributed by atoms with van der Waals surface area (Å²) in [6, 6.07) is 30.9. The second-order valence-electron chi connectivity index (χ2n) is 11.4. The molecule has 0 radical (unpaired) electrons. The van der Waals surface area contributed by atoms with Crippen molar-refractivity contribution in [1.29, 1.82) is 0 Å². The van der Waals surface area contributed by atoms with Gasteiger partial charge in [0, 0.05) is 42.3 Å². The first-order valence-electron chi connectivity index (χ1n) is 15.5. The lowest BCUT2D eigenvalue weighted by Gasteiger charge is -2.22. The van der Waals surface area contributed by atoms with Crippen LogP contribution in [0.1, 0.15) is 53.7 Å². The van der Waals surface area contributed by atoms with Crippen LogP contribution in [0.5, 0.6) is 11.5 Å². The molecule has 5 aromatic rings. The number of para-hydroxylation sites is 1. The highest BCUT2D eigenvalue weighted by molar-refractivity contribution is 7.89. The lowest BCUT2D eigenvalue weighted by atomic mass is 9.95. The van der Waals surface area contributed by atoms with E-state index in [0.717, 1.165) is 42.4 Å². The van der Waals surface area contributed by atoms with Crippen LogP contribution in [0, 0.1) is 0 Å². The molecule has 1 aliphatic carbocycles. The van der Waals surface area contributed by atoms with Crippen molar-refractivity contribution < 1.29 is 17.9 Å². The van der Waals surface area contributed by atoms with Gasteiger partial charge in [0.05, 0.1) is 17.1 Å². The predicted molar refractivity (Wildman–Crippen MR) is 178 cm³/mol.